The summed E-state index contributed by atoms with van der Waals surface area (Å²) < 4.78 is 5.39. The van der Waals surface area contributed by atoms with Crippen LogP contribution in [0.4, 0.5) is 0 Å². The molecule has 0 radical (unpaired) electrons. The summed E-state index contributed by atoms with van der Waals surface area (Å²) in [5, 5.41) is 3.18. The maximum atomic E-state index is 5.39. The van der Waals surface area contributed by atoms with Gasteiger partial charge in [-0.05, 0) is 22.8 Å². The van der Waals surface area contributed by atoms with Crippen LogP contribution in [0, 0.1) is 0 Å². The lowest BCUT2D eigenvalue weighted by molar-refractivity contribution is 0.185. The normalized spacial score (nSPS) is 16.9. The zero-order chi connectivity index (χ0) is 13.1. The Morgan fingerprint density at radius 2 is 1.63 bits per heavy atom. The Morgan fingerprint density at radius 3 is 2.26 bits per heavy atom. The molecule has 0 aliphatic carbocycles. The number of rotatable bonds is 4. The number of benzene rings is 2. The van der Waals surface area contributed by atoms with Gasteiger partial charge in [-0.15, -0.1) is 0 Å². The topological polar surface area (TPSA) is 9.23 Å². The van der Waals surface area contributed by atoms with Crippen molar-refractivity contribution in [2.45, 2.75) is 25.1 Å². The van der Waals surface area contributed by atoms with E-state index in [1.54, 1.807) is 17.5 Å². The molecule has 1 nitrogen and oxygen atoms in total. The lowest BCUT2D eigenvalue weighted by Crippen LogP contribution is -2.63. The van der Waals surface area contributed by atoms with Gasteiger partial charge < -0.3 is 4.74 Å². The summed E-state index contributed by atoms with van der Waals surface area (Å²) in [7, 11) is 0.329. The average Bonchev–Trinajstić information content (AvgIpc) is 2.41. The summed E-state index contributed by atoms with van der Waals surface area (Å²) in [4.78, 5) is 0. The fourth-order valence-electron chi connectivity index (χ4n) is 3.27. The van der Waals surface area contributed by atoms with Crippen LogP contribution in [0.15, 0.2) is 54.6 Å². The molecule has 0 atom stereocenters. The molecule has 0 amide bonds. The number of ether oxygens (including phenoxy) is 1. The third-order valence-electron chi connectivity index (χ3n) is 4.37. The Kier molecular flexibility index (Phi) is 3.54. The van der Waals surface area contributed by atoms with Gasteiger partial charge in [0.2, 0.25) is 0 Å². The van der Waals surface area contributed by atoms with Gasteiger partial charge in [0.15, 0.2) is 0 Å². The molecule has 0 saturated carbocycles. The van der Waals surface area contributed by atoms with Crippen LogP contribution in [-0.4, -0.2) is 15.2 Å². The largest absolute Gasteiger partial charge is 0.380 e. The van der Waals surface area contributed by atoms with Gasteiger partial charge in [0.1, 0.15) is 8.07 Å². The van der Waals surface area contributed by atoms with Gasteiger partial charge in [0.25, 0.3) is 0 Å². The van der Waals surface area contributed by atoms with Gasteiger partial charge in [-0.25, -0.2) is 0 Å². The quantitative estimate of drug-likeness (QED) is 0.775. The molecule has 98 valence electrons. The molecule has 3 rings (SSSR count). The maximum absolute atomic E-state index is 5.39. The molecular formula is C17H20OSi. The highest BCUT2D eigenvalue weighted by molar-refractivity contribution is 7.04. The third-order valence-corrected chi connectivity index (χ3v) is 9.74. The van der Waals surface area contributed by atoms with Crippen molar-refractivity contribution in [3.8, 4) is 0 Å². The fourth-order valence-corrected chi connectivity index (χ4v) is 7.77. The molecule has 0 N–H and O–H groups in total. The first-order chi connectivity index (χ1) is 9.37. The van der Waals surface area contributed by atoms with Gasteiger partial charge in [-0.1, -0.05) is 66.2 Å². The van der Waals surface area contributed by atoms with E-state index < -0.39 is 8.07 Å². The lowest BCUT2D eigenvalue weighted by atomic mass is 10.2. The Morgan fingerprint density at radius 1 is 0.947 bits per heavy atom. The predicted octanol–water partition coefficient (Wildman–Crippen LogP) is 2.80. The zero-order valence-electron chi connectivity index (χ0n) is 11.4. The van der Waals surface area contributed by atoms with E-state index in [2.05, 4.69) is 54.6 Å². The van der Waals surface area contributed by atoms with Crippen LogP contribution in [0.3, 0.4) is 0 Å². The van der Waals surface area contributed by atoms with E-state index >= 15 is 0 Å². The van der Waals surface area contributed by atoms with E-state index in [1.165, 1.54) is 24.1 Å². The number of hydrogen-bond acceptors (Lipinski definition) is 1. The minimum Gasteiger partial charge on any atom is -0.380 e. The zero-order valence-corrected chi connectivity index (χ0v) is 12.4. The summed E-state index contributed by atoms with van der Waals surface area (Å²) in [6.45, 7) is 0.734. The van der Waals surface area contributed by atoms with Gasteiger partial charge in [-0.3, -0.25) is 0 Å². The van der Waals surface area contributed by atoms with Crippen molar-refractivity contribution in [1.82, 2.24) is 0 Å². The highest BCUT2D eigenvalue weighted by atomic mass is 28.3. The van der Waals surface area contributed by atoms with Crippen LogP contribution in [0.2, 0.25) is 12.1 Å². The van der Waals surface area contributed by atoms with Crippen molar-refractivity contribution in [3.05, 3.63) is 60.2 Å². The van der Waals surface area contributed by atoms with Gasteiger partial charge in [0.05, 0.1) is 6.61 Å². The Labute approximate surface area is 116 Å². The monoisotopic (exact) mass is 268 g/mol. The van der Waals surface area contributed by atoms with Crippen LogP contribution in [0.1, 0.15) is 12.0 Å². The van der Waals surface area contributed by atoms with E-state index in [9.17, 15) is 0 Å². The summed E-state index contributed by atoms with van der Waals surface area (Å²) in [5.74, 6) is 0. The van der Waals surface area contributed by atoms with E-state index in [1.807, 2.05) is 0 Å². The van der Waals surface area contributed by atoms with Crippen LogP contribution in [-0.2, 0) is 11.3 Å². The first kappa shape index (κ1) is 12.6. The summed E-state index contributed by atoms with van der Waals surface area (Å²) in [6.07, 6.45) is 1.38. The summed E-state index contributed by atoms with van der Waals surface area (Å²) in [5.41, 5.74) is 1.39. The number of hydrogen-bond donors (Lipinski definition) is 0. The number of methoxy groups -OCH3 is 1. The first-order valence-corrected chi connectivity index (χ1v) is 9.41. The molecule has 0 unspecified atom stereocenters. The van der Waals surface area contributed by atoms with Crippen LogP contribution in [0.25, 0.3) is 0 Å². The van der Waals surface area contributed by atoms with Gasteiger partial charge in [0, 0.05) is 7.11 Å². The van der Waals surface area contributed by atoms with Crippen LogP contribution >= 0.6 is 0 Å². The van der Waals surface area contributed by atoms with E-state index in [0.29, 0.717) is 0 Å². The molecule has 1 aliphatic rings. The van der Waals surface area contributed by atoms with Crippen molar-refractivity contribution in [2.75, 3.05) is 7.11 Å². The minimum atomic E-state index is -1.46. The fraction of sp³-hybridized carbons (Fsp3) is 0.294. The standard InChI is InChI=1S/C17H20OSi/c1-18-14-15-8-5-6-11-17(15)19(12-7-13-19)16-9-3-2-4-10-16/h2-6,8-11H,7,12-14H2,1H3. The lowest BCUT2D eigenvalue weighted by Gasteiger charge is -2.42. The molecular weight excluding hydrogens is 248 g/mol. The first-order valence-electron chi connectivity index (χ1n) is 7.00. The molecule has 1 aliphatic heterocycles. The van der Waals surface area contributed by atoms with E-state index in [-0.39, 0.29) is 0 Å². The molecule has 2 aromatic carbocycles. The molecule has 0 spiro atoms. The summed E-state index contributed by atoms with van der Waals surface area (Å²) >= 11 is 0. The SMILES string of the molecule is COCc1ccccc1[Si]1(c2ccccc2)CCC1. The molecule has 1 fully saturated rings. The smallest absolute Gasteiger partial charge is 0.118 e. The van der Waals surface area contributed by atoms with Crippen molar-refractivity contribution in [3.63, 3.8) is 0 Å². The molecule has 0 aromatic heterocycles. The Bertz CT molecular complexity index is 546. The average molecular weight is 268 g/mol. The second-order valence-electron chi connectivity index (χ2n) is 5.39. The Balaban J connectivity index is 2.08. The highest BCUT2D eigenvalue weighted by Crippen LogP contribution is 2.32. The van der Waals surface area contributed by atoms with E-state index in [4.69, 9.17) is 4.74 Å². The molecule has 2 aromatic rings. The van der Waals surface area contributed by atoms with Crippen LogP contribution < -0.4 is 10.4 Å². The third kappa shape index (κ3) is 2.15. The molecule has 19 heavy (non-hydrogen) atoms. The summed E-state index contributed by atoms with van der Waals surface area (Å²) in [6, 6.07) is 22.8. The predicted molar refractivity (Wildman–Crippen MR) is 82.9 cm³/mol. The second-order valence-corrected chi connectivity index (χ2v) is 9.67. The molecule has 1 saturated heterocycles. The van der Waals surface area contributed by atoms with Gasteiger partial charge >= 0.3 is 0 Å². The van der Waals surface area contributed by atoms with Crippen LogP contribution in [0.5, 0.6) is 0 Å². The second kappa shape index (κ2) is 5.31. The van der Waals surface area contributed by atoms with Crippen molar-refractivity contribution >= 4 is 18.4 Å². The molecule has 0 bridgehead atoms. The van der Waals surface area contributed by atoms with Crippen molar-refractivity contribution in [2.24, 2.45) is 0 Å². The van der Waals surface area contributed by atoms with Gasteiger partial charge in [-0.2, -0.15) is 0 Å². The Hall–Kier alpha value is -1.38. The maximum Gasteiger partial charge on any atom is 0.118 e. The van der Waals surface area contributed by atoms with Crippen molar-refractivity contribution < 1.29 is 4.74 Å². The highest BCUT2D eigenvalue weighted by Gasteiger charge is 2.43. The minimum absolute atomic E-state index is 0.734. The molecule has 2 heteroatoms. The van der Waals surface area contributed by atoms with E-state index in [0.717, 1.165) is 6.61 Å². The van der Waals surface area contributed by atoms with Crippen molar-refractivity contribution in [1.29, 1.82) is 0 Å². The molecule has 1 heterocycles.